The lowest BCUT2D eigenvalue weighted by molar-refractivity contribution is -0.117. The van der Waals surface area contributed by atoms with Gasteiger partial charge in [0.2, 0.25) is 0 Å². The standard InChI is InChI=1S/C14H23NO/c15-14(9-6-10-14)11-13(16)12-7-4-2-1-3-5-8-12/h7H,1-6,8-11,15H2. The van der Waals surface area contributed by atoms with Gasteiger partial charge < -0.3 is 5.73 Å². The highest BCUT2D eigenvalue weighted by atomic mass is 16.1. The Hall–Kier alpha value is -0.630. The Labute approximate surface area is 98.3 Å². The summed E-state index contributed by atoms with van der Waals surface area (Å²) in [4.78, 5) is 12.1. The summed E-state index contributed by atoms with van der Waals surface area (Å²) in [5.41, 5.74) is 7.05. The molecule has 16 heavy (non-hydrogen) atoms. The third-order valence-corrected chi connectivity index (χ3v) is 4.01. The van der Waals surface area contributed by atoms with Crippen LogP contribution in [0.3, 0.4) is 0 Å². The average Bonchev–Trinajstić information content (AvgIpc) is 2.14. The minimum Gasteiger partial charge on any atom is -0.325 e. The van der Waals surface area contributed by atoms with Gasteiger partial charge >= 0.3 is 0 Å². The van der Waals surface area contributed by atoms with Crippen LogP contribution in [-0.2, 0) is 4.79 Å². The molecule has 2 aliphatic carbocycles. The monoisotopic (exact) mass is 221 g/mol. The van der Waals surface area contributed by atoms with Crippen LogP contribution in [0.4, 0.5) is 0 Å². The molecule has 2 heteroatoms. The van der Waals surface area contributed by atoms with E-state index in [1.165, 1.54) is 32.1 Å². The Kier molecular flexibility index (Phi) is 3.80. The highest BCUT2D eigenvalue weighted by Gasteiger charge is 2.35. The first-order chi connectivity index (χ1) is 7.70. The summed E-state index contributed by atoms with van der Waals surface area (Å²) in [5, 5.41) is 0. The van der Waals surface area contributed by atoms with Crippen molar-refractivity contribution in [3.05, 3.63) is 11.6 Å². The summed E-state index contributed by atoms with van der Waals surface area (Å²) in [7, 11) is 0. The van der Waals surface area contributed by atoms with Gasteiger partial charge in [-0.05, 0) is 50.5 Å². The molecule has 0 spiro atoms. The average molecular weight is 221 g/mol. The Morgan fingerprint density at radius 1 is 1.19 bits per heavy atom. The molecule has 2 aliphatic rings. The first kappa shape index (κ1) is 11.8. The topological polar surface area (TPSA) is 43.1 Å². The molecule has 90 valence electrons. The van der Waals surface area contributed by atoms with Crippen molar-refractivity contribution in [2.24, 2.45) is 5.73 Å². The summed E-state index contributed by atoms with van der Waals surface area (Å²) >= 11 is 0. The Bertz CT molecular complexity index is 289. The fourth-order valence-electron chi connectivity index (χ4n) is 2.69. The molecule has 1 fully saturated rings. The second-order valence-electron chi connectivity index (χ2n) is 5.50. The van der Waals surface area contributed by atoms with Gasteiger partial charge in [-0.3, -0.25) is 4.79 Å². The van der Waals surface area contributed by atoms with Gasteiger partial charge in [-0.15, -0.1) is 0 Å². The highest BCUT2D eigenvalue weighted by molar-refractivity contribution is 5.96. The van der Waals surface area contributed by atoms with Gasteiger partial charge in [0.05, 0.1) is 0 Å². The third kappa shape index (κ3) is 2.94. The smallest absolute Gasteiger partial charge is 0.160 e. The normalized spacial score (nSPS) is 24.9. The summed E-state index contributed by atoms with van der Waals surface area (Å²) in [5.74, 6) is 0.323. The molecule has 0 unspecified atom stereocenters. The first-order valence-corrected chi connectivity index (χ1v) is 6.71. The maximum atomic E-state index is 12.1. The van der Waals surface area contributed by atoms with Gasteiger partial charge in [0.25, 0.3) is 0 Å². The van der Waals surface area contributed by atoms with Crippen LogP contribution in [0, 0.1) is 0 Å². The largest absolute Gasteiger partial charge is 0.325 e. The first-order valence-electron chi connectivity index (χ1n) is 6.71. The van der Waals surface area contributed by atoms with E-state index in [2.05, 4.69) is 6.08 Å². The molecule has 0 aromatic rings. The summed E-state index contributed by atoms with van der Waals surface area (Å²) in [6, 6.07) is 0. The van der Waals surface area contributed by atoms with Crippen molar-refractivity contribution in [3.8, 4) is 0 Å². The van der Waals surface area contributed by atoms with Crippen LogP contribution in [0.15, 0.2) is 11.6 Å². The van der Waals surface area contributed by atoms with Gasteiger partial charge in [-0.1, -0.05) is 18.9 Å². The van der Waals surface area contributed by atoms with Crippen LogP contribution in [0.1, 0.15) is 64.2 Å². The number of nitrogens with two attached hydrogens (primary N) is 1. The molecule has 0 aromatic heterocycles. The summed E-state index contributed by atoms with van der Waals surface area (Å²) in [6.07, 6.45) is 13.1. The number of Topliss-reactive ketones (excluding diaryl/α,β-unsaturated/α-hetero) is 1. The van der Waals surface area contributed by atoms with Crippen LogP contribution < -0.4 is 5.73 Å². The molecule has 2 N–H and O–H groups in total. The fourth-order valence-corrected chi connectivity index (χ4v) is 2.69. The van der Waals surface area contributed by atoms with Crippen LogP contribution in [0.5, 0.6) is 0 Å². The van der Waals surface area contributed by atoms with Gasteiger partial charge in [-0.25, -0.2) is 0 Å². The number of ketones is 1. The summed E-state index contributed by atoms with van der Waals surface area (Å²) in [6.45, 7) is 0. The van der Waals surface area contributed by atoms with E-state index in [1.807, 2.05) is 0 Å². The predicted octanol–water partition coefficient (Wildman–Crippen LogP) is 3.11. The second-order valence-corrected chi connectivity index (χ2v) is 5.50. The lowest BCUT2D eigenvalue weighted by Crippen LogP contribution is -2.48. The molecule has 0 bridgehead atoms. The maximum Gasteiger partial charge on any atom is 0.160 e. The van der Waals surface area contributed by atoms with E-state index in [-0.39, 0.29) is 5.54 Å². The van der Waals surface area contributed by atoms with E-state index in [1.54, 1.807) is 0 Å². The minimum atomic E-state index is -0.152. The van der Waals surface area contributed by atoms with Gasteiger partial charge in [0.15, 0.2) is 5.78 Å². The van der Waals surface area contributed by atoms with Crippen LogP contribution in [0.25, 0.3) is 0 Å². The molecule has 0 heterocycles. The van der Waals surface area contributed by atoms with Gasteiger partial charge in [0, 0.05) is 12.0 Å². The second kappa shape index (κ2) is 5.13. The molecule has 2 rings (SSSR count). The van der Waals surface area contributed by atoms with E-state index < -0.39 is 0 Å². The van der Waals surface area contributed by atoms with E-state index in [0.29, 0.717) is 12.2 Å². The van der Waals surface area contributed by atoms with E-state index in [0.717, 1.165) is 31.3 Å². The quantitative estimate of drug-likeness (QED) is 0.795. The van der Waals surface area contributed by atoms with Crippen molar-refractivity contribution in [2.75, 3.05) is 0 Å². The number of rotatable bonds is 3. The third-order valence-electron chi connectivity index (χ3n) is 4.01. The lowest BCUT2D eigenvalue weighted by Gasteiger charge is -2.37. The van der Waals surface area contributed by atoms with E-state index >= 15 is 0 Å². The Morgan fingerprint density at radius 2 is 1.94 bits per heavy atom. The maximum absolute atomic E-state index is 12.1. The number of hydrogen-bond acceptors (Lipinski definition) is 2. The highest BCUT2D eigenvalue weighted by Crippen LogP contribution is 2.33. The predicted molar refractivity (Wildman–Crippen MR) is 66.2 cm³/mol. The van der Waals surface area contributed by atoms with Crippen molar-refractivity contribution in [3.63, 3.8) is 0 Å². The Balaban J connectivity index is 1.91. The zero-order valence-corrected chi connectivity index (χ0v) is 10.1. The molecule has 0 aliphatic heterocycles. The van der Waals surface area contributed by atoms with Gasteiger partial charge in [-0.2, -0.15) is 0 Å². The molecule has 0 saturated heterocycles. The Morgan fingerprint density at radius 3 is 2.62 bits per heavy atom. The molecule has 1 saturated carbocycles. The molecule has 0 atom stereocenters. The molecule has 0 aromatic carbocycles. The molecule has 0 radical (unpaired) electrons. The number of carbonyl (C=O) groups is 1. The molecular formula is C14H23NO. The molecular weight excluding hydrogens is 198 g/mol. The van der Waals surface area contributed by atoms with Gasteiger partial charge in [0.1, 0.15) is 0 Å². The van der Waals surface area contributed by atoms with E-state index in [9.17, 15) is 4.79 Å². The molecule has 2 nitrogen and oxygen atoms in total. The summed E-state index contributed by atoms with van der Waals surface area (Å²) < 4.78 is 0. The molecule has 0 amide bonds. The van der Waals surface area contributed by atoms with Crippen molar-refractivity contribution < 1.29 is 4.79 Å². The van der Waals surface area contributed by atoms with Crippen molar-refractivity contribution >= 4 is 5.78 Å². The zero-order chi connectivity index (χ0) is 11.4. The van der Waals surface area contributed by atoms with Crippen LogP contribution in [0.2, 0.25) is 0 Å². The number of hydrogen-bond donors (Lipinski definition) is 1. The number of allylic oxidation sites excluding steroid dienone is 2. The van der Waals surface area contributed by atoms with Crippen LogP contribution >= 0.6 is 0 Å². The van der Waals surface area contributed by atoms with Crippen molar-refractivity contribution in [2.45, 2.75) is 69.7 Å². The number of carbonyl (C=O) groups excluding carboxylic acids is 1. The SMILES string of the molecule is NC1(CC(=O)C2=CCCCCCC2)CCC1. The minimum absolute atomic E-state index is 0.152. The van der Waals surface area contributed by atoms with Crippen LogP contribution in [-0.4, -0.2) is 11.3 Å². The van der Waals surface area contributed by atoms with E-state index in [4.69, 9.17) is 5.73 Å². The fraction of sp³-hybridized carbons (Fsp3) is 0.786. The zero-order valence-electron chi connectivity index (χ0n) is 10.1. The van der Waals surface area contributed by atoms with Crippen molar-refractivity contribution in [1.29, 1.82) is 0 Å². The van der Waals surface area contributed by atoms with Crippen molar-refractivity contribution in [1.82, 2.24) is 0 Å². The lowest BCUT2D eigenvalue weighted by atomic mass is 9.73.